The Morgan fingerprint density at radius 3 is 2.42 bits per heavy atom. The molecule has 0 radical (unpaired) electrons. The Labute approximate surface area is 117 Å². The summed E-state index contributed by atoms with van der Waals surface area (Å²) in [6.07, 6.45) is 2.66. The van der Waals surface area contributed by atoms with E-state index in [-0.39, 0.29) is 11.6 Å². The molecule has 0 spiro atoms. The molecule has 0 aromatic carbocycles. The number of aliphatic hydroxyl groups is 1. The predicted octanol–water partition coefficient (Wildman–Crippen LogP) is 1.66. The average Bonchev–Trinajstić information content (AvgIpc) is 2.40. The average molecular weight is 271 g/mol. The molecule has 1 aliphatic heterocycles. The number of ether oxygens (including phenoxy) is 2. The van der Waals surface area contributed by atoms with Crippen LogP contribution in [-0.2, 0) is 9.47 Å². The highest BCUT2D eigenvalue weighted by molar-refractivity contribution is 5.03. The van der Waals surface area contributed by atoms with E-state index < -0.39 is 5.60 Å². The summed E-state index contributed by atoms with van der Waals surface area (Å²) < 4.78 is 11.3. The van der Waals surface area contributed by atoms with Crippen LogP contribution in [0.1, 0.15) is 40.0 Å². The SMILES string of the molecule is CO[C@@]1(C(C)C)CC[C@](C)(O)[C@@H](N2CCOCC2)C1. The van der Waals surface area contributed by atoms with Crippen LogP contribution >= 0.6 is 0 Å². The topological polar surface area (TPSA) is 41.9 Å². The van der Waals surface area contributed by atoms with E-state index in [9.17, 15) is 5.11 Å². The van der Waals surface area contributed by atoms with E-state index in [0.717, 1.165) is 45.6 Å². The van der Waals surface area contributed by atoms with Crippen LogP contribution in [0.3, 0.4) is 0 Å². The van der Waals surface area contributed by atoms with Gasteiger partial charge in [-0.05, 0) is 32.1 Å². The highest BCUT2D eigenvalue weighted by Gasteiger charge is 2.49. The first kappa shape index (κ1) is 15.2. The van der Waals surface area contributed by atoms with E-state index in [2.05, 4.69) is 18.7 Å². The number of hydrogen-bond donors (Lipinski definition) is 1. The third kappa shape index (κ3) is 2.97. The van der Waals surface area contributed by atoms with Crippen molar-refractivity contribution in [2.75, 3.05) is 33.4 Å². The van der Waals surface area contributed by atoms with Gasteiger partial charge in [0.1, 0.15) is 0 Å². The highest BCUT2D eigenvalue weighted by atomic mass is 16.5. The zero-order chi connectivity index (χ0) is 14.1. The lowest BCUT2D eigenvalue weighted by molar-refractivity contribution is -0.164. The molecule has 19 heavy (non-hydrogen) atoms. The summed E-state index contributed by atoms with van der Waals surface area (Å²) in [5.74, 6) is 0.470. The third-order valence-corrected chi connectivity index (χ3v) is 5.26. The van der Waals surface area contributed by atoms with Gasteiger partial charge in [0.15, 0.2) is 0 Å². The van der Waals surface area contributed by atoms with Gasteiger partial charge in [0.05, 0.1) is 24.4 Å². The Hall–Kier alpha value is -0.160. The molecule has 4 nitrogen and oxygen atoms in total. The van der Waals surface area contributed by atoms with Crippen molar-refractivity contribution in [3.05, 3.63) is 0 Å². The van der Waals surface area contributed by atoms with Crippen LogP contribution in [0.15, 0.2) is 0 Å². The third-order valence-electron chi connectivity index (χ3n) is 5.26. The minimum atomic E-state index is -0.617. The molecule has 112 valence electrons. The summed E-state index contributed by atoms with van der Waals surface area (Å²) in [6, 6.07) is 0.174. The number of methoxy groups -OCH3 is 1. The summed E-state index contributed by atoms with van der Waals surface area (Å²) >= 11 is 0. The molecule has 1 aliphatic carbocycles. The van der Waals surface area contributed by atoms with Crippen molar-refractivity contribution in [3.8, 4) is 0 Å². The molecule has 0 amide bonds. The molecule has 0 bridgehead atoms. The molecule has 2 aliphatic rings. The standard InChI is InChI=1S/C15H29NO3/c1-12(2)15(18-4)6-5-14(3,17)13(11-15)16-7-9-19-10-8-16/h12-13,17H,5-11H2,1-4H3/t13-,14-,15-/m0/s1. The van der Waals surface area contributed by atoms with Gasteiger partial charge >= 0.3 is 0 Å². The molecule has 1 heterocycles. The number of nitrogens with zero attached hydrogens (tertiary/aromatic N) is 1. The van der Waals surface area contributed by atoms with Crippen LogP contribution in [0.5, 0.6) is 0 Å². The molecule has 0 aromatic rings. The second-order valence-electron chi connectivity index (χ2n) is 6.65. The van der Waals surface area contributed by atoms with Crippen LogP contribution in [0.4, 0.5) is 0 Å². The zero-order valence-electron chi connectivity index (χ0n) is 12.8. The first-order valence-electron chi connectivity index (χ1n) is 7.50. The van der Waals surface area contributed by atoms with Crippen LogP contribution in [0.2, 0.25) is 0 Å². The molecular formula is C15H29NO3. The molecule has 0 unspecified atom stereocenters. The van der Waals surface area contributed by atoms with Gasteiger partial charge in [-0.1, -0.05) is 13.8 Å². The lowest BCUT2D eigenvalue weighted by Gasteiger charge is -2.53. The Morgan fingerprint density at radius 1 is 1.26 bits per heavy atom. The molecule has 4 heteroatoms. The van der Waals surface area contributed by atoms with E-state index in [1.807, 2.05) is 14.0 Å². The monoisotopic (exact) mass is 271 g/mol. The summed E-state index contributed by atoms with van der Waals surface area (Å²) in [4.78, 5) is 2.39. The predicted molar refractivity (Wildman–Crippen MR) is 75.2 cm³/mol. The molecule has 2 fully saturated rings. The summed E-state index contributed by atoms with van der Waals surface area (Å²) in [7, 11) is 1.82. The number of rotatable bonds is 3. The van der Waals surface area contributed by atoms with E-state index in [1.54, 1.807) is 0 Å². The Balaban J connectivity index is 2.17. The maximum Gasteiger partial charge on any atom is 0.0776 e. The number of morpholine rings is 1. The Kier molecular flexibility index (Phi) is 4.56. The Bertz CT molecular complexity index is 300. The first-order chi connectivity index (χ1) is 8.91. The Morgan fingerprint density at radius 2 is 1.89 bits per heavy atom. The molecule has 2 rings (SSSR count). The zero-order valence-corrected chi connectivity index (χ0v) is 12.8. The second-order valence-corrected chi connectivity index (χ2v) is 6.65. The lowest BCUT2D eigenvalue weighted by Crippen LogP contribution is -2.62. The van der Waals surface area contributed by atoms with Crippen molar-refractivity contribution in [2.24, 2.45) is 5.92 Å². The van der Waals surface area contributed by atoms with Crippen molar-refractivity contribution in [1.29, 1.82) is 0 Å². The van der Waals surface area contributed by atoms with Crippen molar-refractivity contribution in [1.82, 2.24) is 4.90 Å². The maximum absolute atomic E-state index is 10.8. The van der Waals surface area contributed by atoms with Gasteiger partial charge < -0.3 is 14.6 Å². The van der Waals surface area contributed by atoms with E-state index in [4.69, 9.17) is 9.47 Å². The van der Waals surface area contributed by atoms with Gasteiger partial charge in [-0.3, -0.25) is 4.90 Å². The first-order valence-corrected chi connectivity index (χ1v) is 7.50. The number of hydrogen-bond acceptors (Lipinski definition) is 4. The van der Waals surface area contributed by atoms with Gasteiger partial charge in [-0.25, -0.2) is 0 Å². The van der Waals surface area contributed by atoms with Crippen molar-refractivity contribution < 1.29 is 14.6 Å². The summed E-state index contributed by atoms with van der Waals surface area (Å²) in [5.41, 5.74) is -0.709. The fourth-order valence-corrected chi connectivity index (χ4v) is 3.64. The normalized spacial score (nSPS) is 41.7. The van der Waals surface area contributed by atoms with E-state index in [1.165, 1.54) is 0 Å². The molecule has 1 saturated carbocycles. The van der Waals surface area contributed by atoms with Gasteiger partial charge in [0.25, 0.3) is 0 Å². The fraction of sp³-hybridized carbons (Fsp3) is 1.00. The minimum Gasteiger partial charge on any atom is -0.389 e. The molecule has 0 aromatic heterocycles. The van der Waals surface area contributed by atoms with Crippen LogP contribution in [0, 0.1) is 5.92 Å². The van der Waals surface area contributed by atoms with Crippen molar-refractivity contribution in [2.45, 2.75) is 57.3 Å². The fourth-order valence-electron chi connectivity index (χ4n) is 3.64. The second kappa shape index (κ2) is 5.68. The minimum absolute atomic E-state index is 0.0921. The van der Waals surface area contributed by atoms with Gasteiger partial charge in [0.2, 0.25) is 0 Å². The lowest BCUT2D eigenvalue weighted by atomic mass is 9.68. The van der Waals surface area contributed by atoms with Gasteiger partial charge in [0, 0.05) is 26.2 Å². The maximum atomic E-state index is 10.8. The van der Waals surface area contributed by atoms with Crippen LogP contribution < -0.4 is 0 Å². The summed E-state index contributed by atoms with van der Waals surface area (Å²) in [5, 5.41) is 10.8. The van der Waals surface area contributed by atoms with Crippen molar-refractivity contribution >= 4 is 0 Å². The summed E-state index contributed by atoms with van der Waals surface area (Å²) in [6.45, 7) is 9.80. The molecule has 1 N–H and O–H groups in total. The van der Waals surface area contributed by atoms with Crippen LogP contribution in [0.25, 0.3) is 0 Å². The highest BCUT2D eigenvalue weighted by Crippen LogP contribution is 2.43. The molecule has 1 saturated heterocycles. The van der Waals surface area contributed by atoms with Crippen LogP contribution in [-0.4, -0.2) is 60.7 Å². The van der Waals surface area contributed by atoms with Gasteiger partial charge in [-0.15, -0.1) is 0 Å². The van der Waals surface area contributed by atoms with E-state index >= 15 is 0 Å². The van der Waals surface area contributed by atoms with Gasteiger partial charge in [-0.2, -0.15) is 0 Å². The quantitative estimate of drug-likeness (QED) is 0.848. The largest absolute Gasteiger partial charge is 0.389 e. The molecular weight excluding hydrogens is 242 g/mol. The smallest absolute Gasteiger partial charge is 0.0776 e. The molecule has 3 atom stereocenters. The van der Waals surface area contributed by atoms with Crippen molar-refractivity contribution in [3.63, 3.8) is 0 Å². The van der Waals surface area contributed by atoms with E-state index in [0.29, 0.717) is 5.92 Å².